The van der Waals surface area contributed by atoms with Crippen LogP contribution in [0.25, 0.3) is 22.3 Å². The summed E-state index contributed by atoms with van der Waals surface area (Å²) >= 11 is 0. The number of hydrogen-bond donors (Lipinski definition) is 1. The molecule has 0 saturated heterocycles. The Morgan fingerprint density at radius 3 is 2.76 bits per heavy atom. The second-order valence-electron chi connectivity index (χ2n) is 3.79. The highest BCUT2D eigenvalue weighted by Gasteiger charge is 2.10. The van der Waals surface area contributed by atoms with Crippen LogP contribution in [-0.4, -0.2) is 19.7 Å². The van der Waals surface area contributed by atoms with Gasteiger partial charge in [-0.15, -0.1) is 5.10 Å². The summed E-state index contributed by atoms with van der Waals surface area (Å²) in [4.78, 5) is 8.54. The molecule has 2 heterocycles. The molecular weight excluding hydrogens is 214 g/mol. The number of aryl methyl sites for hydroxylation is 1. The van der Waals surface area contributed by atoms with Crippen LogP contribution in [0.4, 0.5) is 5.95 Å². The van der Waals surface area contributed by atoms with E-state index >= 15 is 0 Å². The Hall–Kier alpha value is -2.43. The molecule has 2 aromatic heterocycles. The van der Waals surface area contributed by atoms with Gasteiger partial charge in [0.15, 0.2) is 5.82 Å². The molecule has 84 valence electrons. The molecule has 0 spiro atoms. The van der Waals surface area contributed by atoms with Crippen LogP contribution in [0, 0.1) is 0 Å². The van der Waals surface area contributed by atoms with Crippen LogP contribution in [-0.2, 0) is 7.05 Å². The molecular formula is C12H11N5. The van der Waals surface area contributed by atoms with E-state index in [2.05, 4.69) is 15.1 Å². The number of nitrogen functional groups attached to an aromatic ring is 1. The lowest BCUT2D eigenvalue weighted by Gasteiger charge is -2.01. The second-order valence-corrected chi connectivity index (χ2v) is 3.79. The highest BCUT2D eigenvalue weighted by molar-refractivity contribution is 5.92. The van der Waals surface area contributed by atoms with Gasteiger partial charge < -0.3 is 5.73 Å². The zero-order chi connectivity index (χ0) is 11.8. The van der Waals surface area contributed by atoms with Crippen molar-refractivity contribution in [3.05, 3.63) is 36.5 Å². The van der Waals surface area contributed by atoms with E-state index in [4.69, 9.17) is 5.73 Å². The highest BCUT2D eigenvalue weighted by Crippen LogP contribution is 2.24. The van der Waals surface area contributed by atoms with Gasteiger partial charge in [0, 0.05) is 24.2 Å². The summed E-state index contributed by atoms with van der Waals surface area (Å²) < 4.78 is 1.56. The van der Waals surface area contributed by atoms with E-state index in [0.29, 0.717) is 11.8 Å². The molecule has 3 aromatic rings. The minimum absolute atomic E-state index is 0.404. The standard InChI is InChI=1S/C12H11N5/c1-17-12(13)15-11(16-17)9-6-7-14-10-5-3-2-4-8(9)10/h2-7H,1H3,(H2,13,15,16). The molecule has 1 aromatic carbocycles. The third-order valence-corrected chi connectivity index (χ3v) is 2.69. The monoisotopic (exact) mass is 225 g/mol. The topological polar surface area (TPSA) is 69.6 Å². The molecule has 0 unspecified atom stereocenters. The lowest BCUT2D eigenvalue weighted by Crippen LogP contribution is -1.97. The maximum Gasteiger partial charge on any atom is 0.218 e. The Bertz CT molecular complexity index is 661. The van der Waals surface area contributed by atoms with E-state index in [0.717, 1.165) is 16.5 Å². The van der Waals surface area contributed by atoms with Gasteiger partial charge in [0.05, 0.1) is 5.52 Å². The number of anilines is 1. The third-order valence-electron chi connectivity index (χ3n) is 2.69. The average Bonchev–Trinajstić information content (AvgIpc) is 2.69. The van der Waals surface area contributed by atoms with Gasteiger partial charge >= 0.3 is 0 Å². The van der Waals surface area contributed by atoms with Gasteiger partial charge in [-0.2, -0.15) is 4.98 Å². The quantitative estimate of drug-likeness (QED) is 0.683. The van der Waals surface area contributed by atoms with E-state index in [1.54, 1.807) is 17.9 Å². The van der Waals surface area contributed by atoms with Crippen LogP contribution in [0.2, 0.25) is 0 Å². The normalized spacial score (nSPS) is 10.9. The molecule has 5 nitrogen and oxygen atoms in total. The average molecular weight is 225 g/mol. The number of pyridine rings is 1. The molecule has 0 aliphatic heterocycles. The van der Waals surface area contributed by atoms with E-state index in [1.807, 2.05) is 30.3 Å². The Morgan fingerprint density at radius 1 is 1.18 bits per heavy atom. The SMILES string of the molecule is Cn1nc(-c2ccnc3ccccc23)nc1N. The first-order valence-corrected chi connectivity index (χ1v) is 5.26. The number of aromatic nitrogens is 4. The lowest BCUT2D eigenvalue weighted by atomic mass is 10.1. The zero-order valence-electron chi connectivity index (χ0n) is 9.33. The van der Waals surface area contributed by atoms with E-state index in [1.165, 1.54) is 0 Å². The number of hydrogen-bond acceptors (Lipinski definition) is 4. The zero-order valence-corrected chi connectivity index (χ0v) is 9.33. The Labute approximate surface area is 97.9 Å². The van der Waals surface area contributed by atoms with Gasteiger partial charge in [-0.25, -0.2) is 4.68 Å². The summed E-state index contributed by atoms with van der Waals surface area (Å²) in [6.07, 6.45) is 1.75. The van der Waals surface area contributed by atoms with Crippen LogP contribution in [0.3, 0.4) is 0 Å². The number of nitrogens with zero attached hydrogens (tertiary/aromatic N) is 4. The fourth-order valence-electron chi connectivity index (χ4n) is 1.80. The first-order valence-electron chi connectivity index (χ1n) is 5.26. The van der Waals surface area contributed by atoms with Crippen LogP contribution < -0.4 is 5.73 Å². The van der Waals surface area contributed by atoms with E-state index in [9.17, 15) is 0 Å². The second kappa shape index (κ2) is 3.55. The fourth-order valence-corrected chi connectivity index (χ4v) is 1.80. The summed E-state index contributed by atoms with van der Waals surface area (Å²) in [6, 6.07) is 9.80. The predicted octanol–water partition coefficient (Wildman–Crippen LogP) is 1.61. The van der Waals surface area contributed by atoms with Crippen molar-refractivity contribution >= 4 is 16.9 Å². The van der Waals surface area contributed by atoms with Gasteiger partial charge in [-0.3, -0.25) is 4.98 Å². The van der Waals surface area contributed by atoms with Crippen molar-refractivity contribution in [1.29, 1.82) is 0 Å². The third kappa shape index (κ3) is 1.52. The summed E-state index contributed by atoms with van der Waals surface area (Å²) in [7, 11) is 1.77. The van der Waals surface area contributed by atoms with Gasteiger partial charge in [0.2, 0.25) is 5.95 Å². The number of fused-ring (bicyclic) bond motifs is 1. The van der Waals surface area contributed by atoms with Gasteiger partial charge in [0.1, 0.15) is 0 Å². The van der Waals surface area contributed by atoms with Crippen molar-refractivity contribution in [2.24, 2.45) is 7.05 Å². The van der Waals surface area contributed by atoms with Crippen molar-refractivity contribution < 1.29 is 0 Å². The predicted molar refractivity (Wildman–Crippen MR) is 66.2 cm³/mol. The summed E-state index contributed by atoms with van der Waals surface area (Å²) in [5.74, 6) is 1.03. The van der Waals surface area contributed by atoms with Gasteiger partial charge in [-0.05, 0) is 12.1 Å². The Kier molecular flexibility index (Phi) is 2.04. The van der Waals surface area contributed by atoms with E-state index < -0.39 is 0 Å². The number of nitrogens with two attached hydrogens (primary N) is 1. The first-order chi connectivity index (χ1) is 8.25. The van der Waals surface area contributed by atoms with Gasteiger partial charge in [-0.1, -0.05) is 18.2 Å². The number of benzene rings is 1. The maximum absolute atomic E-state index is 5.70. The molecule has 5 heteroatoms. The van der Waals surface area contributed by atoms with Crippen molar-refractivity contribution in [2.45, 2.75) is 0 Å². The van der Waals surface area contributed by atoms with Crippen molar-refractivity contribution in [3.63, 3.8) is 0 Å². The maximum atomic E-state index is 5.70. The molecule has 17 heavy (non-hydrogen) atoms. The van der Waals surface area contributed by atoms with Crippen molar-refractivity contribution in [2.75, 3.05) is 5.73 Å². The largest absolute Gasteiger partial charge is 0.368 e. The number of para-hydroxylation sites is 1. The smallest absolute Gasteiger partial charge is 0.218 e. The molecule has 0 radical (unpaired) electrons. The van der Waals surface area contributed by atoms with Crippen LogP contribution in [0.5, 0.6) is 0 Å². The van der Waals surface area contributed by atoms with E-state index in [-0.39, 0.29) is 0 Å². The molecule has 0 amide bonds. The van der Waals surface area contributed by atoms with Crippen molar-refractivity contribution in [3.8, 4) is 11.4 Å². The Balaban J connectivity index is 2.30. The highest BCUT2D eigenvalue weighted by atomic mass is 15.4. The summed E-state index contributed by atoms with van der Waals surface area (Å²) in [5.41, 5.74) is 7.57. The van der Waals surface area contributed by atoms with Crippen LogP contribution in [0.1, 0.15) is 0 Å². The minimum Gasteiger partial charge on any atom is -0.368 e. The molecule has 0 bridgehead atoms. The summed E-state index contributed by atoms with van der Waals surface area (Å²) in [6.45, 7) is 0. The molecule has 3 rings (SSSR count). The van der Waals surface area contributed by atoms with Crippen LogP contribution >= 0.6 is 0 Å². The van der Waals surface area contributed by atoms with Crippen molar-refractivity contribution in [1.82, 2.24) is 19.7 Å². The molecule has 0 aliphatic rings. The molecule has 0 fully saturated rings. The minimum atomic E-state index is 0.404. The lowest BCUT2D eigenvalue weighted by molar-refractivity contribution is 0.781. The van der Waals surface area contributed by atoms with Crippen LogP contribution in [0.15, 0.2) is 36.5 Å². The number of rotatable bonds is 1. The summed E-state index contributed by atoms with van der Waals surface area (Å²) in [5, 5.41) is 5.31. The van der Waals surface area contributed by atoms with Gasteiger partial charge in [0.25, 0.3) is 0 Å². The molecule has 0 saturated carbocycles. The fraction of sp³-hybridized carbons (Fsp3) is 0.0833. The first kappa shape index (κ1) is 9.77. The molecule has 0 aliphatic carbocycles. The molecule has 2 N–H and O–H groups in total. The Morgan fingerprint density at radius 2 is 2.00 bits per heavy atom. The molecule has 0 atom stereocenters.